The number of hydrogen-bond acceptors (Lipinski definition) is 5. The lowest BCUT2D eigenvalue weighted by Gasteiger charge is -2.35. The number of anilines is 2. The Hall–Kier alpha value is -2.63. The van der Waals surface area contributed by atoms with Crippen molar-refractivity contribution in [3.63, 3.8) is 0 Å². The van der Waals surface area contributed by atoms with E-state index in [0.717, 1.165) is 44.6 Å². The van der Waals surface area contributed by atoms with Crippen LogP contribution in [0.15, 0.2) is 33.9 Å². The maximum atomic E-state index is 12.9. The molecule has 2 atom stereocenters. The number of nitrogens with zero attached hydrogens (tertiary/aromatic N) is 2. The molecule has 2 aromatic rings. The zero-order chi connectivity index (χ0) is 22.1. The molecule has 1 N–H and O–H groups in total. The van der Waals surface area contributed by atoms with E-state index in [2.05, 4.69) is 31.0 Å². The van der Waals surface area contributed by atoms with Gasteiger partial charge in [0.15, 0.2) is 0 Å². The average molecular weight is 424 g/mol. The average Bonchev–Trinajstić information content (AvgIpc) is 2.76. The topological polar surface area (TPSA) is 69.7 Å². The number of nitrogens with one attached hydrogen (secondary N) is 1. The van der Waals surface area contributed by atoms with Gasteiger partial charge in [-0.15, -0.1) is 0 Å². The van der Waals surface area contributed by atoms with Crippen LogP contribution < -0.4 is 21.1 Å². The molecule has 2 saturated heterocycles. The van der Waals surface area contributed by atoms with E-state index in [4.69, 9.17) is 0 Å². The first-order valence-electron chi connectivity index (χ1n) is 11.5. The van der Waals surface area contributed by atoms with Crippen LogP contribution in [0.1, 0.15) is 56.0 Å². The van der Waals surface area contributed by atoms with E-state index in [-0.39, 0.29) is 11.3 Å². The fourth-order valence-corrected chi connectivity index (χ4v) is 5.04. The Morgan fingerprint density at radius 1 is 0.935 bits per heavy atom. The third-order valence-corrected chi connectivity index (χ3v) is 6.81. The van der Waals surface area contributed by atoms with Crippen LogP contribution in [0.2, 0.25) is 0 Å². The van der Waals surface area contributed by atoms with E-state index in [1.165, 1.54) is 6.42 Å². The van der Waals surface area contributed by atoms with E-state index in [1.54, 1.807) is 0 Å². The molecule has 6 heteroatoms. The molecule has 166 valence electrons. The predicted molar refractivity (Wildman–Crippen MR) is 125 cm³/mol. The lowest BCUT2D eigenvalue weighted by Crippen LogP contribution is -2.45. The molecular formula is C25H33N3O3. The van der Waals surface area contributed by atoms with Gasteiger partial charge in [0.2, 0.25) is 0 Å². The largest absolute Gasteiger partial charge is 0.376 e. The number of hydrogen-bond donors (Lipinski definition) is 1. The first kappa shape index (κ1) is 21.6. The van der Waals surface area contributed by atoms with Gasteiger partial charge in [-0.05, 0) is 54.7 Å². The van der Waals surface area contributed by atoms with Gasteiger partial charge in [-0.1, -0.05) is 32.9 Å². The summed E-state index contributed by atoms with van der Waals surface area (Å²) in [6.45, 7) is 10.4. The molecule has 0 bridgehead atoms. The molecule has 2 aliphatic rings. The molecule has 2 aliphatic heterocycles. The quantitative estimate of drug-likeness (QED) is 0.748. The number of benzene rings is 1. The minimum absolute atomic E-state index is 0.0852. The molecule has 1 amide bonds. The Kier molecular flexibility index (Phi) is 6.17. The van der Waals surface area contributed by atoms with E-state index >= 15 is 0 Å². The van der Waals surface area contributed by atoms with Crippen LogP contribution in [0.25, 0.3) is 0 Å². The van der Waals surface area contributed by atoms with E-state index in [1.807, 2.05) is 29.2 Å². The highest BCUT2D eigenvalue weighted by molar-refractivity contribution is 5.94. The van der Waals surface area contributed by atoms with Crippen molar-refractivity contribution in [3.8, 4) is 0 Å². The highest BCUT2D eigenvalue weighted by Gasteiger charge is 2.28. The van der Waals surface area contributed by atoms with Gasteiger partial charge in [0, 0.05) is 38.3 Å². The standard InChI is InChI=1S/C25H33N3O3/c1-16-8-10-27(11-9-16)22-21(23(29)24(22)30)26-13-19-4-6-20(7-5-19)25(31)28-14-17(2)12-18(3)15-28/h4-7,16-18,26H,8-15H2,1-3H3/t17-,18+. The molecule has 31 heavy (non-hydrogen) atoms. The van der Waals surface area contributed by atoms with Gasteiger partial charge in [0.25, 0.3) is 16.8 Å². The van der Waals surface area contributed by atoms with Crippen molar-refractivity contribution in [3.05, 3.63) is 55.8 Å². The molecule has 0 radical (unpaired) electrons. The molecule has 0 aliphatic carbocycles. The minimum atomic E-state index is -0.422. The summed E-state index contributed by atoms with van der Waals surface area (Å²) in [7, 11) is 0. The van der Waals surface area contributed by atoms with Crippen LogP contribution in [0, 0.1) is 17.8 Å². The lowest BCUT2D eigenvalue weighted by molar-refractivity contribution is 0.0623. The van der Waals surface area contributed by atoms with Crippen molar-refractivity contribution in [1.29, 1.82) is 0 Å². The summed E-state index contributed by atoms with van der Waals surface area (Å²) in [5.41, 5.74) is 1.87. The number of likely N-dealkylation sites (tertiary alicyclic amines) is 1. The Morgan fingerprint density at radius 3 is 2.16 bits per heavy atom. The van der Waals surface area contributed by atoms with Crippen molar-refractivity contribution in [2.45, 2.75) is 46.6 Å². The Balaban J connectivity index is 1.38. The minimum Gasteiger partial charge on any atom is -0.376 e. The van der Waals surface area contributed by atoms with Crippen LogP contribution in [-0.4, -0.2) is 37.0 Å². The first-order chi connectivity index (χ1) is 14.8. The number of piperidine rings is 2. The first-order valence-corrected chi connectivity index (χ1v) is 11.5. The summed E-state index contributed by atoms with van der Waals surface area (Å²) in [5.74, 6) is 1.81. The summed E-state index contributed by atoms with van der Waals surface area (Å²) >= 11 is 0. The van der Waals surface area contributed by atoms with Crippen LogP contribution in [0.3, 0.4) is 0 Å². The van der Waals surface area contributed by atoms with Gasteiger partial charge in [-0.3, -0.25) is 14.4 Å². The Bertz CT molecular complexity index is 988. The van der Waals surface area contributed by atoms with Crippen LogP contribution >= 0.6 is 0 Å². The lowest BCUT2D eigenvalue weighted by atomic mass is 9.91. The van der Waals surface area contributed by atoms with Crippen molar-refractivity contribution < 1.29 is 4.79 Å². The van der Waals surface area contributed by atoms with Crippen molar-refractivity contribution in [2.75, 3.05) is 36.4 Å². The smallest absolute Gasteiger partial charge is 0.253 e. The van der Waals surface area contributed by atoms with Crippen molar-refractivity contribution >= 4 is 17.3 Å². The van der Waals surface area contributed by atoms with Gasteiger partial charge in [0.1, 0.15) is 11.4 Å². The SMILES string of the molecule is CC1CCN(c2c(NCc3ccc(C(=O)N4C[C@H](C)C[C@H](C)C4)cc3)c(=O)c2=O)CC1. The molecule has 6 nitrogen and oxygen atoms in total. The van der Waals surface area contributed by atoms with E-state index < -0.39 is 5.43 Å². The van der Waals surface area contributed by atoms with Crippen LogP contribution in [-0.2, 0) is 6.54 Å². The normalized spacial score (nSPS) is 22.7. The van der Waals surface area contributed by atoms with Crippen LogP contribution in [0.4, 0.5) is 11.4 Å². The Morgan fingerprint density at radius 2 is 1.55 bits per heavy atom. The summed E-state index contributed by atoms with van der Waals surface area (Å²) in [5, 5.41) is 3.17. The number of amides is 1. The number of rotatable bonds is 5. The second-order valence-electron chi connectivity index (χ2n) is 9.76. The third kappa shape index (κ3) is 4.53. The highest BCUT2D eigenvalue weighted by Crippen LogP contribution is 2.27. The molecular weight excluding hydrogens is 390 g/mol. The molecule has 2 aromatic carbocycles. The number of carbonyl (C=O) groups is 1. The fraction of sp³-hybridized carbons (Fsp3) is 0.560. The third-order valence-electron chi connectivity index (χ3n) is 6.81. The van der Waals surface area contributed by atoms with Crippen molar-refractivity contribution in [1.82, 2.24) is 4.90 Å². The monoisotopic (exact) mass is 423 g/mol. The molecule has 0 spiro atoms. The summed E-state index contributed by atoms with van der Waals surface area (Å²) in [6.07, 6.45) is 3.26. The van der Waals surface area contributed by atoms with Gasteiger partial charge in [-0.2, -0.15) is 0 Å². The summed E-state index contributed by atoms with van der Waals surface area (Å²) in [4.78, 5) is 41.1. The Labute approximate surface area is 183 Å². The van der Waals surface area contributed by atoms with Gasteiger partial charge in [0.05, 0.1) is 0 Å². The number of carbonyl (C=O) groups excluding carboxylic acids is 1. The van der Waals surface area contributed by atoms with Crippen LogP contribution in [0.5, 0.6) is 0 Å². The van der Waals surface area contributed by atoms with Gasteiger partial charge >= 0.3 is 0 Å². The second kappa shape index (κ2) is 8.85. The molecule has 0 aromatic heterocycles. The zero-order valence-corrected chi connectivity index (χ0v) is 18.8. The van der Waals surface area contributed by atoms with Crippen molar-refractivity contribution in [2.24, 2.45) is 17.8 Å². The van der Waals surface area contributed by atoms with Gasteiger partial charge in [-0.25, -0.2) is 0 Å². The predicted octanol–water partition coefficient (Wildman–Crippen LogP) is 3.25. The zero-order valence-electron chi connectivity index (χ0n) is 18.8. The highest BCUT2D eigenvalue weighted by atomic mass is 16.2. The molecule has 0 unspecified atom stereocenters. The summed E-state index contributed by atoms with van der Waals surface area (Å²) in [6, 6.07) is 7.56. The maximum absolute atomic E-state index is 12.9. The fourth-order valence-electron chi connectivity index (χ4n) is 5.04. The molecule has 4 rings (SSSR count). The van der Waals surface area contributed by atoms with E-state index in [9.17, 15) is 14.4 Å². The molecule has 2 fully saturated rings. The van der Waals surface area contributed by atoms with E-state index in [0.29, 0.717) is 41.2 Å². The second-order valence-corrected chi connectivity index (χ2v) is 9.76. The molecule has 2 heterocycles. The maximum Gasteiger partial charge on any atom is 0.253 e. The summed E-state index contributed by atoms with van der Waals surface area (Å²) < 4.78 is 0. The van der Waals surface area contributed by atoms with Gasteiger partial charge < -0.3 is 15.1 Å². The molecule has 0 saturated carbocycles.